The molecule has 5 N–H and O–H groups in total. The molecule has 1 aromatic carbocycles. The molecule has 88 valence electrons. The molecule has 0 fully saturated rings. The predicted molar refractivity (Wildman–Crippen MR) is 58.6 cm³/mol. The summed E-state index contributed by atoms with van der Waals surface area (Å²) in [6, 6.07) is 2.16. The molecule has 0 aromatic heterocycles. The molecule has 1 rings (SSSR count). The summed E-state index contributed by atoms with van der Waals surface area (Å²) in [6.45, 7) is 0. The van der Waals surface area contributed by atoms with Gasteiger partial charge in [0.2, 0.25) is 0 Å². The molecule has 2 atom stereocenters. The van der Waals surface area contributed by atoms with E-state index in [1.54, 1.807) is 0 Å². The van der Waals surface area contributed by atoms with Crippen molar-refractivity contribution >= 4 is 17.6 Å². The number of hydrogen-bond acceptors (Lipinski definition) is 3. The van der Waals surface area contributed by atoms with Gasteiger partial charge in [0.15, 0.2) is 0 Å². The second-order valence-corrected chi connectivity index (χ2v) is 3.89. The van der Waals surface area contributed by atoms with Crippen molar-refractivity contribution in [2.75, 3.05) is 0 Å². The lowest BCUT2D eigenvalue weighted by Crippen LogP contribution is -2.36. The Morgan fingerprint density at radius 1 is 1.50 bits per heavy atom. The van der Waals surface area contributed by atoms with Crippen molar-refractivity contribution in [3.8, 4) is 0 Å². The van der Waals surface area contributed by atoms with Gasteiger partial charge in [-0.15, -0.1) is 0 Å². The van der Waals surface area contributed by atoms with Gasteiger partial charge in [0.1, 0.15) is 5.82 Å². The van der Waals surface area contributed by atoms with Crippen LogP contribution in [0.4, 0.5) is 4.39 Å². The Morgan fingerprint density at radius 3 is 2.69 bits per heavy atom. The number of benzene rings is 1. The lowest BCUT2D eigenvalue weighted by atomic mass is 9.98. The third-order valence-electron chi connectivity index (χ3n) is 2.19. The summed E-state index contributed by atoms with van der Waals surface area (Å²) < 4.78 is 13.4. The predicted octanol–water partition coefficient (Wildman–Crippen LogP) is 1.28. The highest BCUT2D eigenvalue weighted by atomic mass is 35.5. The van der Waals surface area contributed by atoms with Gasteiger partial charge >= 0.3 is 5.97 Å². The topological polar surface area (TPSA) is 89.3 Å². The number of aliphatic carboxylic acids is 1. The van der Waals surface area contributed by atoms with Gasteiger partial charge in [0, 0.05) is 22.7 Å². The van der Waals surface area contributed by atoms with Crippen LogP contribution in [0.5, 0.6) is 0 Å². The maximum atomic E-state index is 13.4. The summed E-state index contributed by atoms with van der Waals surface area (Å²) >= 11 is 5.69. The van der Waals surface area contributed by atoms with Gasteiger partial charge in [-0.3, -0.25) is 4.79 Å². The molecule has 1 aromatic rings. The van der Waals surface area contributed by atoms with E-state index in [0.29, 0.717) is 5.02 Å². The molecule has 0 radical (unpaired) electrons. The summed E-state index contributed by atoms with van der Waals surface area (Å²) in [6.07, 6.45) is -0.326. The first-order chi connectivity index (χ1) is 7.41. The molecule has 0 spiro atoms. The van der Waals surface area contributed by atoms with E-state index in [-0.39, 0.29) is 12.0 Å². The van der Waals surface area contributed by atoms with Crippen LogP contribution >= 0.6 is 11.6 Å². The summed E-state index contributed by atoms with van der Waals surface area (Å²) in [5.41, 5.74) is 11.3. The largest absolute Gasteiger partial charge is 0.481 e. The number of nitrogens with two attached hydrogens (primary N) is 2. The zero-order valence-corrected chi connectivity index (χ0v) is 9.12. The number of carboxylic acid groups (broad SMARTS) is 1. The molecule has 0 bridgehead atoms. The fourth-order valence-corrected chi connectivity index (χ4v) is 1.51. The minimum absolute atomic E-state index is 0.126. The maximum absolute atomic E-state index is 13.4. The van der Waals surface area contributed by atoms with E-state index in [1.807, 2.05) is 0 Å². The van der Waals surface area contributed by atoms with Crippen molar-refractivity contribution in [3.05, 3.63) is 34.6 Å². The molecule has 0 heterocycles. The average Bonchev–Trinajstić information content (AvgIpc) is 2.19. The van der Waals surface area contributed by atoms with Crippen LogP contribution < -0.4 is 11.5 Å². The first-order valence-electron chi connectivity index (χ1n) is 4.59. The van der Waals surface area contributed by atoms with Gasteiger partial charge in [-0.1, -0.05) is 11.6 Å². The van der Waals surface area contributed by atoms with E-state index in [9.17, 15) is 9.18 Å². The van der Waals surface area contributed by atoms with Crippen molar-refractivity contribution in [2.45, 2.75) is 18.5 Å². The second kappa shape index (κ2) is 5.25. The second-order valence-electron chi connectivity index (χ2n) is 3.45. The Morgan fingerprint density at radius 2 is 2.12 bits per heavy atom. The Kier molecular flexibility index (Phi) is 4.23. The Labute approximate surface area is 97.0 Å². The van der Waals surface area contributed by atoms with Crippen molar-refractivity contribution in [1.29, 1.82) is 0 Å². The molecule has 0 aliphatic carbocycles. The van der Waals surface area contributed by atoms with Gasteiger partial charge in [0.05, 0.1) is 6.42 Å². The van der Waals surface area contributed by atoms with Gasteiger partial charge in [-0.25, -0.2) is 4.39 Å². The van der Waals surface area contributed by atoms with Crippen molar-refractivity contribution in [1.82, 2.24) is 0 Å². The highest BCUT2D eigenvalue weighted by Gasteiger charge is 2.21. The number of rotatable bonds is 4. The summed E-state index contributed by atoms with van der Waals surface area (Å²) in [5, 5.41) is 8.88. The third-order valence-corrected chi connectivity index (χ3v) is 2.42. The molecular weight excluding hydrogens is 235 g/mol. The molecule has 16 heavy (non-hydrogen) atoms. The van der Waals surface area contributed by atoms with Crippen LogP contribution in [0, 0.1) is 5.82 Å². The van der Waals surface area contributed by atoms with Crippen molar-refractivity contribution in [3.63, 3.8) is 0 Å². The molecule has 4 nitrogen and oxygen atoms in total. The number of hydrogen-bond donors (Lipinski definition) is 3. The summed E-state index contributed by atoms with van der Waals surface area (Å²) in [7, 11) is 0. The zero-order valence-electron chi connectivity index (χ0n) is 8.36. The van der Waals surface area contributed by atoms with Crippen LogP contribution in [-0.4, -0.2) is 17.1 Å². The molecule has 6 heteroatoms. The fraction of sp³-hybridized carbons (Fsp3) is 0.300. The van der Waals surface area contributed by atoms with Gasteiger partial charge in [0.25, 0.3) is 0 Å². The maximum Gasteiger partial charge on any atom is 0.304 e. The van der Waals surface area contributed by atoms with Crippen molar-refractivity contribution in [2.24, 2.45) is 11.5 Å². The molecule has 0 amide bonds. The monoisotopic (exact) mass is 246 g/mol. The third kappa shape index (κ3) is 3.16. The van der Waals surface area contributed by atoms with Gasteiger partial charge < -0.3 is 16.6 Å². The highest BCUT2D eigenvalue weighted by molar-refractivity contribution is 6.30. The lowest BCUT2D eigenvalue weighted by molar-refractivity contribution is -0.137. The van der Waals surface area contributed by atoms with E-state index >= 15 is 0 Å². The van der Waals surface area contributed by atoms with Crippen LogP contribution in [0.25, 0.3) is 0 Å². The van der Waals surface area contributed by atoms with E-state index in [2.05, 4.69) is 0 Å². The molecule has 2 unspecified atom stereocenters. The van der Waals surface area contributed by atoms with Gasteiger partial charge in [-0.05, 0) is 18.2 Å². The van der Waals surface area contributed by atoms with E-state index in [0.717, 1.165) is 0 Å². The minimum atomic E-state index is -1.08. The Balaban J connectivity index is 2.90. The standard InChI is InChI=1S/C10H12ClFN2O2/c11-5-1-2-7(12)6(3-5)10(14)8(13)4-9(15)16/h1-3,8,10H,4,13-14H2,(H,15,16). The molecular formula is C10H12ClFN2O2. The molecule has 0 saturated heterocycles. The van der Waals surface area contributed by atoms with Crippen LogP contribution in [0.1, 0.15) is 18.0 Å². The summed E-state index contributed by atoms with van der Waals surface area (Å²) in [4.78, 5) is 10.4. The first kappa shape index (κ1) is 12.9. The van der Waals surface area contributed by atoms with E-state index in [1.165, 1.54) is 18.2 Å². The Bertz CT molecular complexity index is 400. The van der Waals surface area contributed by atoms with E-state index < -0.39 is 23.9 Å². The average molecular weight is 247 g/mol. The SMILES string of the molecule is NC(CC(=O)O)C(N)c1cc(Cl)ccc1F. The lowest BCUT2D eigenvalue weighted by Gasteiger charge is -2.19. The summed E-state index contributed by atoms with van der Waals surface area (Å²) in [5.74, 6) is -1.62. The fourth-order valence-electron chi connectivity index (χ4n) is 1.33. The van der Waals surface area contributed by atoms with Crippen LogP contribution in [0.15, 0.2) is 18.2 Å². The normalized spacial score (nSPS) is 14.5. The van der Waals surface area contributed by atoms with Crippen molar-refractivity contribution < 1.29 is 14.3 Å². The van der Waals surface area contributed by atoms with E-state index in [4.69, 9.17) is 28.2 Å². The number of carbonyl (C=O) groups is 1. The minimum Gasteiger partial charge on any atom is -0.481 e. The molecule has 0 saturated carbocycles. The first-order valence-corrected chi connectivity index (χ1v) is 4.97. The molecule has 0 aliphatic rings. The zero-order chi connectivity index (χ0) is 12.3. The Hall–Kier alpha value is -1.17. The number of carboxylic acids is 1. The van der Waals surface area contributed by atoms with Gasteiger partial charge in [-0.2, -0.15) is 0 Å². The van der Waals surface area contributed by atoms with Crippen LogP contribution in [0.2, 0.25) is 5.02 Å². The quantitative estimate of drug-likeness (QED) is 0.747. The smallest absolute Gasteiger partial charge is 0.304 e. The molecule has 0 aliphatic heterocycles. The van der Waals surface area contributed by atoms with Crippen LogP contribution in [-0.2, 0) is 4.79 Å². The number of halogens is 2. The highest BCUT2D eigenvalue weighted by Crippen LogP contribution is 2.22. The van der Waals surface area contributed by atoms with Crippen LogP contribution in [0.3, 0.4) is 0 Å².